The van der Waals surface area contributed by atoms with Crippen LogP contribution in [0, 0.1) is 0 Å². The van der Waals surface area contributed by atoms with E-state index in [-0.39, 0.29) is 0 Å². The molecule has 0 N–H and O–H groups in total. The maximum Gasteiger partial charge on any atom is 0.160 e. The fourth-order valence-electron chi connectivity index (χ4n) is 2.21. The fraction of sp³-hybridized carbons (Fsp3) is 0.200. The lowest BCUT2D eigenvalue weighted by Crippen LogP contribution is -2.06. The van der Waals surface area contributed by atoms with Crippen molar-refractivity contribution in [1.29, 1.82) is 0 Å². The molecule has 0 spiro atoms. The van der Waals surface area contributed by atoms with E-state index in [4.69, 9.17) is 11.6 Å². The van der Waals surface area contributed by atoms with Crippen LogP contribution in [-0.4, -0.2) is 20.4 Å². The standard InChI is InChI=1S/C15H14ClN3/c16-9-8-14-18-13-7-4-10-17-15(13)19(14)11-12-5-2-1-3-6-12/h1-7,10H,8-9,11H2. The monoisotopic (exact) mass is 271 g/mol. The summed E-state index contributed by atoms with van der Waals surface area (Å²) in [5, 5.41) is 0. The van der Waals surface area contributed by atoms with Crippen LogP contribution >= 0.6 is 11.6 Å². The van der Waals surface area contributed by atoms with Crippen LogP contribution in [0.1, 0.15) is 11.4 Å². The molecule has 3 rings (SSSR count). The Morgan fingerprint density at radius 1 is 1.05 bits per heavy atom. The highest BCUT2D eigenvalue weighted by Gasteiger charge is 2.11. The first-order chi connectivity index (χ1) is 9.38. The first kappa shape index (κ1) is 12.2. The molecular weight excluding hydrogens is 258 g/mol. The number of hydrogen-bond donors (Lipinski definition) is 0. The van der Waals surface area contributed by atoms with Gasteiger partial charge >= 0.3 is 0 Å². The van der Waals surface area contributed by atoms with E-state index in [2.05, 4.69) is 26.7 Å². The van der Waals surface area contributed by atoms with Gasteiger partial charge in [-0.25, -0.2) is 9.97 Å². The van der Waals surface area contributed by atoms with Crippen LogP contribution in [0.25, 0.3) is 11.2 Å². The molecule has 0 aliphatic carbocycles. The molecule has 4 heteroatoms. The van der Waals surface area contributed by atoms with Crippen molar-refractivity contribution in [1.82, 2.24) is 14.5 Å². The SMILES string of the molecule is ClCCc1nc2cccnc2n1Cc1ccccc1. The van der Waals surface area contributed by atoms with Gasteiger partial charge in [0.2, 0.25) is 0 Å². The molecule has 0 saturated heterocycles. The molecule has 2 aromatic heterocycles. The number of aryl methyl sites for hydroxylation is 1. The van der Waals surface area contributed by atoms with Crippen molar-refractivity contribution in [3.05, 3.63) is 60.0 Å². The number of fused-ring (bicyclic) bond motifs is 1. The predicted octanol–water partition coefficient (Wildman–Crippen LogP) is 3.26. The highest BCUT2D eigenvalue weighted by atomic mass is 35.5. The summed E-state index contributed by atoms with van der Waals surface area (Å²) in [7, 11) is 0. The molecule has 96 valence electrons. The Balaban J connectivity index is 2.07. The summed E-state index contributed by atoms with van der Waals surface area (Å²) in [5.74, 6) is 1.56. The minimum absolute atomic E-state index is 0.568. The van der Waals surface area contributed by atoms with E-state index in [9.17, 15) is 0 Å². The number of alkyl halides is 1. The van der Waals surface area contributed by atoms with Crippen LogP contribution < -0.4 is 0 Å². The van der Waals surface area contributed by atoms with Gasteiger partial charge in [0, 0.05) is 18.5 Å². The number of rotatable bonds is 4. The number of pyridine rings is 1. The summed E-state index contributed by atoms with van der Waals surface area (Å²) in [4.78, 5) is 9.05. The summed E-state index contributed by atoms with van der Waals surface area (Å²) in [5.41, 5.74) is 3.09. The van der Waals surface area contributed by atoms with Gasteiger partial charge in [0.15, 0.2) is 5.65 Å². The summed E-state index contributed by atoms with van der Waals surface area (Å²) in [6.45, 7) is 0.778. The third-order valence-electron chi connectivity index (χ3n) is 3.08. The van der Waals surface area contributed by atoms with Gasteiger partial charge in [-0.15, -0.1) is 11.6 Å². The third-order valence-corrected chi connectivity index (χ3v) is 3.27. The second-order valence-corrected chi connectivity index (χ2v) is 4.76. The molecule has 3 aromatic rings. The Bertz CT molecular complexity index is 676. The largest absolute Gasteiger partial charge is 0.308 e. The molecule has 2 heterocycles. The van der Waals surface area contributed by atoms with Crippen molar-refractivity contribution in [3.8, 4) is 0 Å². The highest BCUT2D eigenvalue weighted by Crippen LogP contribution is 2.16. The van der Waals surface area contributed by atoms with Crippen molar-refractivity contribution in [3.63, 3.8) is 0 Å². The van der Waals surface area contributed by atoms with Gasteiger partial charge in [-0.2, -0.15) is 0 Å². The minimum Gasteiger partial charge on any atom is -0.308 e. The van der Waals surface area contributed by atoms with Crippen molar-refractivity contribution in [2.24, 2.45) is 0 Å². The normalized spacial score (nSPS) is 11.0. The van der Waals surface area contributed by atoms with Gasteiger partial charge in [0.1, 0.15) is 11.3 Å². The second-order valence-electron chi connectivity index (χ2n) is 4.38. The molecular formula is C15H14ClN3. The summed E-state index contributed by atoms with van der Waals surface area (Å²) in [6, 6.07) is 14.2. The molecule has 19 heavy (non-hydrogen) atoms. The topological polar surface area (TPSA) is 30.7 Å². The van der Waals surface area contributed by atoms with Gasteiger partial charge in [0.25, 0.3) is 0 Å². The molecule has 0 amide bonds. The summed E-state index contributed by atoms with van der Waals surface area (Å²) in [6.07, 6.45) is 2.56. The van der Waals surface area contributed by atoms with Gasteiger partial charge in [-0.05, 0) is 17.7 Å². The van der Waals surface area contributed by atoms with Crippen molar-refractivity contribution < 1.29 is 0 Å². The molecule has 3 nitrogen and oxygen atoms in total. The fourth-order valence-corrected chi connectivity index (χ4v) is 2.38. The predicted molar refractivity (Wildman–Crippen MR) is 77.5 cm³/mol. The van der Waals surface area contributed by atoms with E-state index >= 15 is 0 Å². The van der Waals surface area contributed by atoms with Crippen LogP contribution in [0.15, 0.2) is 48.7 Å². The zero-order valence-corrected chi connectivity index (χ0v) is 11.2. The second kappa shape index (κ2) is 5.41. The number of nitrogens with zero attached hydrogens (tertiary/aromatic N) is 3. The smallest absolute Gasteiger partial charge is 0.160 e. The lowest BCUT2D eigenvalue weighted by molar-refractivity contribution is 0.747. The van der Waals surface area contributed by atoms with Crippen molar-refractivity contribution in [2.45, 2.75) is 13.0 Å². The zero-order valence-electron chi connectivity index (χ0n) is 10.5. The number of hydrogen-bond acceptors (Lipinski definition) is 2. The molecule has 0 fully saturated rings. The van der Waals surface area contributed by atoms with Gasteiger partial charge in [0.05, 0.1) is 6.54 Å². The van der Waals surface area contributed by atoms with Gasteiger partial charge < -0.3 is 4.57 Å². The molecule has 1 aromatic carbocycles. The van der Waals surface area contributed by atoms with Crippen LogP contribution in [0.3, 0.4) is 0 Å². The number of halogens is 1. The molecule has 0 unspecified atom stereocenters. The number of imidazole rings is 1. The van der Waals surface area contributed by atoms with E-state index in [0.717, 1.165) is 30.0 Å². The van der Waals surface area contributed by atoms with E-state index in [1.54, 1.807) is 6.20 Å². The number of benzene rings is 1. The first-order valence-electron chi connectivity index (χ1n) is 6.28. The molecule has 0 saturated carbocycles. The average Bonchev–Trinajstić information content (AvgIpc) is 2.79. The van der Waals surface area contributed by atoms with Gasteiger partial charge in [-0.3, -0.25) is 0 Å². The van der Waals surface area contributed by atoms with Crippen molar-refractivity contribution >= 4 is 22.8 Å². The lowest BCUT2D eigenvalue weighted by Gasteiger charge is -2.07. The van der Waals surface area contributed by atoms with Crippen LogP contribution in [0.5, 0.6) is 0 Å². The molecule has 0 aliphatic heterocycles. The minimum atomic E-state index is 0.568. The zero-order chi connectivity index (χ0) is 13.1. The number of aromatic nitrogens is 3. The Morgan fingerprint density at radius 3 is 2.68 bits per heavy atom. The average molecular weight is 272 g/mol. The molecule has 0 bridgehead atoms. The Kier molecular flexibility index (Phi) is 3.47. The van der Waals surface area contributed by atoms with Crippen LogP contribution in [0.4, 0.5) is 0 Å². The molecule has 0 atom stereocenters. The summed E-state index contributed by atoms with van der Waals surface area (Å²) < 4.78 is 2.15. The lowest BCUT2D eigenvalue weighted by atomic mass is 10.2. The first-order valence-corrected chi connectivity index (χ1v) is 6.82. The Hall–Kier alpha value is -1.87. The Labute approximate surface area is 116 Å². The van der Waals surface area contributed by atoms with Crippen LogP contribution in [-0.2, 0) is 13.0 Å². The molecule has 0 radical (unpaired) electrons. The van der Waals surface area contributed by atoms with E-state index in [0.29, 0.717) is 5.88 Å². The van der Waals surface area contributed by atoms with E-state index in [1.807, 2.05) is 30.3 Å². The highest BCUT2D eigenvalue weighted by molar-refractivity contribution is 6.17. The van der Waals surface area contributed by atoms with E-state index < -0.39 is 0 Å². The maximum absolute atomic E-state index is 5.86. The molecule has 0 aliphatic rings. The summed E-state index contributed by atoms with van der Waals surface area (Å²) >= 11 is 5.86. The van der Waals surface area contributed by atoms with Crippen molar-refractivity contribution in [2.75, 3.05) is 5.88 Å². The third kappa shape index (κ3) is 2.47. The van der Waals surface area contributed by atoms with Gasteiger partial charge in [-0.1, -0.05) is 30.3 Å². The van der Waals surface area contributed by atoms with Crippen LogP contribution in [0.2, 0.25) is 0 Å². The van der Waals surface area contributed by atoms with E-state index in [1.165, 1.54) is 5.56 Å². The maximum atomic E-state index is 5.86. The quantitative estimate of drug-likeness (QED) is 0.682. The Morgan fingerprint density at radius 2 is 1.89 bits per heavy atom.